The summed E-state index contributed by atoms with van der Waals surface area (Å²) in [7, 11) is 0. The average Bonchev–Trinajstić information content (AvgIpc) is 2.23. The van der Waals surface area contributed by atoms with Gasteiger partial charge in [-0.05, 0) is 41.9 Å². The van der Waals surface area contributed by atoms with Gasteiger partial charge in [0.2, 0.25) is 0 Å². The number of rotatable bonds is 2. The number of hydrogen-bond acceptors (Lipinski definition) is 3. The van der Waals surface area contributed by atoms with E-state index in [1.165, 1.54) is 0 Å². The van der Waals surface area contributed by atoms with E-state index in [4.69, 9.17) is 5.73 Å². The predicted octanol–water partition coefficient (Wildman–Crippen LogP) is 1.75. The first-order valence-corrected chi connectivity index (χ1v) is 4.86. The number of fused-ring (bicyclic) bond motifs is 1. The van der Waals surface area contributed by atoms with Crippen LogP contribution in [0.1, 0.15) is 5.56 Å². The van der Waals surface area contributed by atoms with Gasteiger partial charge in [0.1, 0.15) is 11.5 Å². The van der Waals surface area contributed by atoms with Crippen LogP contribution in [-0.2, 0) is 6.42 Å². The minimum absolute atomic E-state index is 0.200. The molecular weight excluding hydrogens is 190 g/mol. The third kappa shape index (κ3) is 1.74. The first-order valence-electron chi connectivity index (χ1n) is 4.86. The second-order valence-electron chi connectivity index (χ2n) is 3.51. The highest BCUT2D eigenvalue weighted by Crippen LogP contribution is 2.29. The Labute approximate surface area is 87.8 Å². The molecule has 0 fully saturated rings. The molecule has 0 spiro atoms. The molecule has 0 aliphatic carbocycles. The van der Waals surface area contributed by atoms with Crippen LogP contribution < -0.4 is 5.73 Å². The molecule has 0 bridgehead atoms. The summed E-state index contributed by atoms with van der Waals surface area (Å²) in [6.07, 6.45) is 0.604. The minimum Gasteiger partial charge on any atom is -0.508 e. The molecule has 0 saturated carbocycles. The van der Waals surface area contributed by atoms with Gasteiger partial charge < -0.3 is 15.9 Å². The maximum Gasteiger partial charge on any atom is 0.119 e. The predicted molar refractivity (Wildman–Crippen MR) is 60.0 cm³/mol. The Morgan fingerprint density at radius 3 is 2.53 bits per heavy atom. The van der Waals surface area contributed by atoms with Crippen molar-refractivity contribution in [1.29, 1.82) is 0 Å². The van der Waals surface area contributed by atoms with E-state index in [2.05, 4.69) is 0 Å². The van der Waals surface area contributed by atoms with Gasteiger partial charge in [0.15, 0.2) is 0 Å². The largest absolute Gasteiger partial charge is 0.508 e. The van der Waals surface area contributed by atoms with Crippen LogP contribution in [0.4, 0.5) is 0 Å². The van der Waals surface area contributed by atoms with Crippen molar-refractivity contribution in [2.24, 2.45) is 5.73 Å². The zero-order valence-corrected chi connectivity index (χ0v) is 8.27. The van der Waals surface area contributed by atoms with Crippen LogP contribution in [0.15, 0.2) is 30.3 Å². The van der Waals surface area contributed by atoms with Gasteiger partial charge in [-0.3, -0.25) is 0 Å². The highest BCUT2D eigenvalue weighted by Gasteiger charge is 2.06. The molecule has 0 heterocycles. The summed E-state index contributed by atoms with van der Waals surface area (Å²) in [5.41, 5.74) is 6.28. The van der Waals surface area contributed by atoms with Gasteiger partial charge in [-0.15, -0.1) is 0 Å². The molecule has 0 amide bonds. The Morgan fingerprint density at radius 2 is 1.80 bits per heavy atom. The van der Waals surface area contributed by atoms with Crippen LogP contribution in [-0.4, -0.2) is 16.8 Å². The molecule has 3 nitrogen and oxygen atoms in total. The van der Waals surface area contributed by atoms with Gasteiger partial charge >= 0.3 is 0 Å². The molecule has 0 aliphatic rings. The molecule has 4 N–H and O–H groups in total. The second kappa shape index (κ2) is 3.79. The SMILES string of the molecule is NCCc1c(O)ccc2ccc(O)cc12. The van der Waals surface area contributed by atoms with Crippen LogP contribution >= 0.6 is 0 Å². The fourth-order valence-corrected chi connectivity index (χ4v) is 1.77. The van der Waals surface area contributed by atoms with E-state index in [9.17, 15) is 10.2 Å². The summed E-state index contributed by atoms with van der Waals surface area (Å²) in [5, 5.41) is 21.0. The fraction of sp³-hybridized carbons (Fsp3) is 0.167. The normalized spacial score (nSPS) is 10.7. The molecular formula is C12H13NO2. The Bertz CT molecular complexity index is 489. The van der Waals surface area contributed by atoms with Gasteiger partial charge in [-0.25, -0.2) is 0 Å². The lowest BCUT2D eigenvalue weighted by Crippen LogP contribution is -2.03. The standard InChI is InChI=1S/C12H13NO2/c13-6-5-10-11-7-9(14)3-1-8(11)2-4-12(10)15/h1-4,7,14-15H,5-6,13H2. The van der Waals surface area contributed by atoms with Crippen molar-refractivity contribution in [2.75, 3.05) is 6.54 Å². The molecule has 0 radical (unpaired) electrons. The van der Waals surface area contributed by atoms with Gasteiger partial charge in [0.25, 0.3) is 0 Å². The van der Waals surface area contributed by atoms with Gasteiger partial charge in [0.05, 0.1) is 0 Å². The lowest BCUT2D eigenvalue weighted by molar-refractivity contribution is 0.469. The maximum atomic E-state index is 9.69. The lowest BCUT2D eigenvalue weighted by atomic mass is 10.0. The lowest BCUT2D eigenvalue weighted by Gasteiger charge is -2.08. The van der Waals surface area contributed by atoms with Crippen molar-refractivity contribution in [3.8, 4) is 11.5 Å². The van der Waals surface area contributed by atoms with Crippen LogP contribution in [0.3, 0.4) is 0 Å². The molecule has 2 rings (SSSR count). The Balaban J connectivity index is 2.72. The van der Waals surface area contributed by atoms with E-state index in [0.29, 0.717) is 13.0 Å². The molecule has 3 heteroatoms. The third-order valence-electron chi connectivity index (χ3n) is 2.49. The van der Waals surface area contributed by atoms with Crippen molar-refractivity contribution < 1.29 is 10.2 Å². The van der Waals surface area contributed by atoms with Crippen molar-refractivity contribution in [2.45, 2.75) is 6.42 Å². The summed E-state index contributed by atoms with van der Waals surface area (Å²) in [6, 6.07) is 8.59. The molecule has 78 valence electrons. The van der Waals surface area contributed by atoms with Crippen LogP contribution in [0.25, 0.3) is 10.8 Å². The van der Waals surface area contributed by atoms with Gasteiger partial charge in [-0.2, -0.15) is 0 Å². The molecule has 2 aromatic rings. The highest BCUT2D eigenvalue weighted by atomic mass is 16.3. The molecule has 0 saturated heterocycles. The quantitative estimate of drug-likeness (QED) is 0.696. The van der Waals surface area contributed by atoms with Gasteiger partial charge in [-0.1, -0.05) is 12.1 Å². The highest BCUT2D eigenvalue weighted by molar-refractivity contribution is 5.88. The van der Waals surface area contributed by atoms with E-state index in [1.54, 1.807) is 18.2 Å². The Hall–Kier alpha value is -1.74. The number of hydrogen-bond donors (Lipinski definition) is 3. The van der Waals surface area contributed by atoms with Crippen LogP contribution in [0.2, 0.25) is 0 Å². The van der Waals surface area contributed by atoms with E-state index in [-0.39, 0.29) is 11.5 Å². The summed E-state index contributed by atoms with van der Waals surface area (Å²) in [4.78, 5) is 0. The molecule has 0 atom stereocenters. The summed E-state index contributed by atoms with van der Waals surface area (Å²) in [6.45, 7) is 0.475. The Morgan fingerprint density at radius 1 is 1.07 bits per heavy atom. The van der Waals surface area contributed by atoms with E-state index in [0.717, 1.165) is 16.3 Å². The van der Waals surface area contributed by atoms with E-state index >= 15 is 0 Å². The average molecular weight is 203 g/mol. The second-order valence-corrected chi connectivity index (χ2v) is 3.51. The first kappa shape index (κ1) is 9.80. The van der Waals surface area contributed by atoms with Crippen LogP contribution in [0.5, 0.6) is 11.5 Å². The summed E-state index contributed by atoms with van der Waals surface area (Å²) >= 11 is 0. The fourth-order valence-electron chi connectivity index (χ4n) is 1.77. The van der Waals surface area contributed by atoms with E-state index in [1.807, 2.05) is 12.1 Å². The molecule has 0 aliphatic heterocycles. The molecule has 0 aromatic heterocycles. The summed E-state index contributed by atoms with van der Waals surface area (Å²) in [5.74, 6) is 0.435. The number of benzene rings is 2. The topological polar surface area (TPSA) is 66.5 Å². The van der Waals surface area contributed by atoms with Crippen molar-refractivity contribution in [3.63, 3.8) is 0 Å². The number of nitrogens with two attached hydrogens (primary N) is 1. The number of aromatic hydroxyl groups is 2. The monoisotopic (exact) mass is 203 g/mol. The van der Waals surface area contributed by atoms with Gasteiger partial charge in [0, 0.05) is 5.56 Å². The summed E-state index contributed by atoms with van der Waals surface area (Å²) < 4.78 is 0. The first-order chi connectivity index (χ1) is 7.22. The van der Waals surface area contributed by atoms with Crippen molar-refractivity contribution in [1.82, 2.24) is 0 Å². The maximum absolute atomic E-state index is 9.69. The zero-order valence-electron chi connectivity index (χ0n) is 8.27. The molecule has 0 unspecified atom stereocenters. The third-order valence-corrected chi connectivity index (χ3v) is 2.49. The smallest absolute Gasteiger partial charge is 0.119 e. The van der Waals surface area contributed by atoms with Crippen LogP contribution in [0, 0.1) is 0 Å². The zero-order chi connectivity index (χ0) is 10.8. The van der Waals surface area contributed by atoms with Crippen molar-refractivity contribution in [3.05, 3.63) is 35.9 Å². The van der Waals surface area contributed by atoms with E-state index < -0.39 is 0 Å². The number of phenolic OH excluding ortho intramolecular Hbond substituents is 2. The molecule has 15 heavy (non-hydrogen) atoms. The van der Waals surface area contributed by atoms with Crippen molar-refractivity contribution >= 4 is 10.8 Å². The molecule has 2 aromatic carbocycles. The number of phenols is 2. The Kier molecular flexibility index (Phi) is 2.47. The minimum atomic E-state index is 0.200.